The molecule has 0 atom stereocenters. The molecule has 21 heavy (non-hydrogen) atoms. The van der Waals surface area contributed by atoms with Gasteiger partial charge in [0.25, 0.3) is 10.0 Å². The van der Waals surface area contributed by atoms with E-state index in [2.05, 4.69) is 20.7 Å². The van der Waals surface area contributed by atoms with Crippen molar-refractivity contribution >= 4 is 31.6 Å². The van der Waals surface area contributed by atoms with Gasteiger partial charge in [-0.3, -0.25) is 4.72 Å². The number of sulfonamides is 1. The predicted octanol–water partition coefficient (Wildman–Crippen LogP) is 4.31. The Morgan fingerprint density at radius 2 is 1.71 bits per heavy atom. The van der Waals surface area contributed by atoms with Gasteiger partial charge >= 0.3 is 0 Å². The number of rotatable bonds is 3. The molecule has 0 aliphatic carbocycles. The maximum absolute atomic E-state index is 13.6. The number of hydrogen-bond acceptors (Lipinski definition) is 2. The zero-order valence-electron chi connectivity index (χ0n) is 11.9. The van der Waals surface area contributed by atoms with Crippen molar-refractivity contribution in [2.75, 3.05) is 4.72 Å². The van der Waals surface area contributed by atoms with Gasteiger partial charge in [0.2, 0.25) is 0 Å². The lowest BCUT2D eigenvalue weighted by molar-refractivity contribution is 0.600. The molecule has 0 aliphatic heterocycles. The highest BCUT2D eigenvalue weighted by Gasteiger charge is 2.18. The summed E-state index contributed by atoms with van der Waals surface area (Å²) >= 11 is 3.07. The minimum absolute atomic E-state index is 0.191. The summed E-state index contributed by atoms with van der Waals surface area (Å²) in [4.78, 5) is 0.191. The van der Waals surface area contributed by atoms with E-state index in [9.17, 15) is 12.8 Å². The van der Waals surface area contributed by atoms with Crippen LogP contribution in [-0.2, 0) is 10.0 Å². The molecule has 0 unspecified atom stereocenters. The lowest BCUT2D eigenvalue weighted by Crippen LogP contribution is -2.15. The number of aryl methyl sites for hydroxylation is 3. The van der Waals surface area contributed by atoms with E-state index in [1.807, 2.05) is 6.92 Å². The van der Waals surface area contributed by atoms with Gasteiger partial charge in [-0.1, -0.05) is 17.7 Å². The van der Waals surface area contributed by atoms with Gasteiger partial charge in [-0.25, -0.2) is 12.8 Å². The molecule has 112 valence electrons. The number of hydrogen-bond donors (Lipinski definition) is 1. The third-order valence-corrected chi connectivity index (χ3v) is 5.26. The molecule has 0 saturated heterocycles. The summed E-state index contributed by atoms with van der Waals surface area (Å²) in [5.41, 5.74) is 2.50. The maximum atomic E-state index is 13.6. The van der Waals surface area contributed by atoms with Crippen molar-refractivity contribution in [3.8, 4) is 0 Å². The molecule has 0 amide bonds. The Morgan fingerprint density at radius 3 is 2.33 bits per heavy atom. The number of halogens is 2. The molecule has 0 bridgehead atoms. The Labute approximate surface area is 132 Å². The van der Waals surface area contributed by atoms with Crippen molar-refractivity contribution in [1.29, 1.82) is 0 Å². The van der Waals surface area contributed by atoms with Crippen LogP contribution in [0.4, 0.5) is 10.1 Å². The average Bonchev–Trinajstić information content (AvgIpc) is 2.35. The number of benzene rings is 2. The highest BCUT2D eigenvalue weighted by atomic mass is 79.9. The zero-order valence-corrected chi connectivity index (χ0v) is 14.3. The van der Waals surface area contributed by atoms with Gasteiger partial charge in [0.05, 0.1) is 15.1 Å². The number of nitrogens with one attached hydrogen (secondary N) is 1. The summed E-state index contributed by atoms with van der Waals surface area (Å²) in [6, 6.07) is 7.79. The summed E-state index contributed by atoms with van der Waals surface area (Å²) in [7, 11) is -3.74. The van der Waals surface area contributed by atoms with Crippen LogP contribution in [0.25, 0.3) is 0 Å². The smallest absolute Gasteiger partial charge is 0.262 e. The molecule has 0 fully saturated rings. The molecule has 0 radical (unpaired) electrons. The second-order valence-corrected chi connectivity index (χ2v) is 7.46. The Kier molecular flexibility index (Phi) is 4.39. The zero-order chi connectivity index (χ0) is 15.8. The maximum Gasteiger partial charge on any atom is 0.262 e. The van der Waals surface area contributed by atoms with E-state index < -0.39 is 15.8 Å². The van der Waals surface area contributed by atoms with Crippen LogP contribution < -0.4 is 4.72 Å². The second-order valence-electron chi connectivity index (χ2n) is 4.96. The summed E-state index contributed by atoms with van der Waals surface area (Å²) in [5.74, 6) is -0.515. The molecule has 2 rings (SSSR count). The van der Waals surface area contributed by atoms with E-state index in [0.717, 1.165) is 5.56 Å². The molecular formula is C15H15BrFNO2S. The van der Waals surface area contributed by atoms with Gasteiger partial charge in [0, 0.05) is 0 Å². The Balaban J connectivity index is 2.45. The van der Waals surface area contributed by atoms with Crippen LogP contribution in [0.5, 0.6) is 0 Å². The van der Waals surface area contributed by atoms with Gasteiger partial charge in [-0.05, 0) is 66.0 Å². The molecule has 0 aromatic heterocycles. The van der Waals surface area contributed by atoms with Crippen molar-refractivity contribution in [3.05, 3.63) is 57.3 Å². The first-order valence-corrected chi connectivity index (χ1v) is 8.54. The summed E-state index contributed by atoms with van der Waals surface area (Å²) in [6.45, 7) is 5.34. The third-order valence-electron chi connectivity index (χ3n) is 3.13. The van der Waals surface area contributed by atoms with Gasteiger partial charge in [0.15, 0.2) is 0 Å². The highest BCUT2D eigenvalue weighted by molar-refractivity contribution is 9.10. The molecule has 3 nitrogen and oxygen atoms in total. The first-order valence-electron chi connectivity index (χ1n) is 6.26. The fraction of sp³-hybridized carbons (Fsp3) is 0.200. The predicted molar refractivity (Wildman–Crippen MR) is 85.6 cm³/mol. The van der Waals surface area contributed by atoms with E-state index >= 15 is 0 Å². The molecule has 0 spiro atoms. The van der Waals surface area contributed by atoms with Crippen molar-refractivity contribution in [3.63, 3.8) is 0 Å². The normalized spacial score (nSPS) is 11.5. The minimum Gasteiger partial charge on any atom is -0.279 e. The van der Waals surface area contributed by atoms with Crippen molar-refractivity contribution < 1.29 is 12.8 Å². The van der Waals surface area contributed by atoms with Crippen LogP contribution in [0.1, 0.15) is 16.7 Å². The monoisotopic (exact) mass is 371 g/mol. The van der Waals surface area contributed by atoms with Crippen molar-refractivity contribution in [2.24, 2.45) is 0 Å². The van der Waals surface area contributed by atoms with Crippen molar-refractivity contribution in [2.45, 2.75) is 25.7 Å². The van der Waals surface area contributed by atoms with Crippen LogP contribution >= 0.6 is 15.9 Å². The molecular weight excluding hydrogens is 357 g/mol. The Bertz CT molecular complexity index is 804. The SMILES string of the molecule is Cc1ccc(S(=O)(=O)Nc2cc(F)c(Br)cc2C)c(C)c1. The highest BCUT2D eigenvalue weighted by Crippen LogP contribution is 2.27. The largest absolute Gasteiger partial charge is 0.279 e. The molecule has 1 N–H and O–H groups in total. The summed E-state index contributed by atoms with van der Waals surface area (Å²) < 4.78 is 41.2. The average molecular weight is 372 g/mol. The topological polar surface area (TPSA) is 46.2 Å². The minimum atomic E-state index is -3.74. The van der Waals surface area contributed by atoms with Gasteiger partial charge < -0.3 is 0 Å². The lowest BCUT2D eigenvalue weighted by Gasteiger charge is -2.13. The first kappa shape index (κ1) is 16.0. The molecule has 2 aromatic rings. The molecule has 6 heteroatoms. The van der Waals surface area contributed by atoms with Crippen molar-refractivity contribution in [1.82, 2.24) is 0 Å². The Hall–Kier alpha value is -1.40. The number of anilines is 1. The third kappa shape index (κ3) is 3.44. The standard InChI is InChI=1S/C15H15BrFNO2S/c1-9-4-5-15(11(3)6-9)21(19,20)18-14-8-13(17)12(16)7-10(14)2/h4-8,18H,1-3H3. The fourth-order valence-corrected chi connectivity index (χ4v) is 3.86. The molecule has 0 saturated carbocycles. The lowest BCUT2D eigenvalue weighted by atomic mass is 10.2. The van der Waals surface area contributed by atoms with Gasteiger partial charge in [-0.2, -0.15) is 0 Å². The van der Waals surface area contributed by atoms with E-state index in [4.69, 9.17) is 0 Å². The molecule has 0 heterocycles. The first-order chi connectivity index (χ1) is 9.70. The van der Waals surface area contributed by atoms with Gasteiger partial charge in [-0.15, -0.1) is 0 Å². The van der Waals surface area contributed by atoms with E-state index in [0.29, 0.717) is 15.6 Å². The molecule has 2 aromatic carbocycles. The van der Waals surface area contributed by atoms with Crippen LogP contribution in [0, 0.1) is 26.6 Å². The van der Waals surface area contributed by atoms with Crippen LogP contribution in [0.3, 0.4) is 0 Å². The molecule has 0 aliphatic rings. The summed E-state index contributed by atoms with van der Waals surface area (Å²) in [6.07, 6.45) is 0. The Morgan fingerprint density at radius 1 is 1.05 bits per heavy atom. The quantitative estimate of drug-likeness (QED) is 0.873. The van der Waals surface area contributed by atoms with Crippen LogP contribution in [0.15, 0.2) is 39.7 Å². The summed E-state index contributed by atoms with van der Waals surface area (Å²) in [5, 5.41) is 0. The second kappa shape index (κ2) is 5.77. The fourth-order valence-electron chi connectivity index (χ4n) is 2.06. The van der Waals surface area contributed by atoms with Crippen LogP contribution in [0.2, 0.25) is 0 Å². The van der Waals surface area contributed by atoms with E-state index in [-0.39, 0.29) is 10.6 Å². The van der Waals surface area contributed by atoms with E-state index in [1.165, 1.54) is 12.1 Å². The van der Waals surface area contributed by atoms with Crippen LogP contribution in [-0.4, -0.2) is 8.42 Å². The van der Waals surface area contributed by atoms with E-state index in [1.54, 1.807) is 32.0 Å². The van der Waals surface area contributed by atoms with Gasteiger partial charge in [0.1, 0.15) is 5.82 Å².